The molecule has 1 unspecified atom stereocenters. The van der Waals surface area contributed by atoms with E-state index in [1.54, 1.807) is 12.4 Å². The second-order valence-electron chi connectivity index (χ2n) is 4.71. The molecule has 0 spiro atoms. The lowest BCUT2D eigenvalue weighted by molar-refractivity contribution is 0.284. The van der Waals surface area contributed by atoms with Crippen molar-refractivity contribution in [3.63, 3.8) is 0 Å². The molecule has 5 nitrogen and oxygen atoms in total. The van der Waals surface area contributed by atoms with Crippen molar-refractivity contribution < 1.29 is 0 Å². The molecule has 0 aliphatic rings. The number of anilines is 1. The quantitative estimate of drug-likeness (QED) is 0.886. The zero-order chi connectivity index (χ0) is 13.1. The number of hydrogen-bond donors (Lipinski definition) is 1. The van der Waals surface area contributed by atoms with E-state index in [2.05, 4.69) is 40.5 Å². The summed E-state index contributed by atoms with van der Waals surface area (Å²) in [4.78, 5) is 10.5. The van der Waals surface area contributed by atoms with Crippen LogP contribution in [0.5, 0.6) is 0 Å². The van der Waals surface area contributed by atoms with Crippen LogP contribution in [0.3, 0.4) is 0 Å². The molecule has 2 rings (SSSR count). The number of nitrogen functional groups attached to an aromatic ring is 1. The number of nitrogens with two attached hydrogens (primary N) is 1. The fourth-order valence-corrected chi connectivity index (χ4v) is 1.76. The van der Waals surface area contributed by atoms with Gasteiger partial charge in [0.05, 0.1) is 18.2 Å². The second kappa shape index (κ2) is 5.18. The Morgan fingerprint density at radius 3 is 2.78 bits per heavy atom. The summed E-state index contributed by atoms with van der Waals surface area (Å²) in [7, 11) is 4.14. The predicted molar refractivity (Wildman–Crippen MR) is 73.0 cm³/mol. The van der Waals surface area contributed by atoms with Crippen molar-refractivity contribution >= 4 is 5.69 Å². The summed E-state index contributed by atoms with van der Waals surface area (Å²) in [6, 6.07) is 2.23. The fourth-order valence-electron chi connectivity index (χ4n) is 1.76. The number of pyridine rings is 1. The second-order valence-corrected chi connectivity index (χ2v) is 4.71. The Kier molecular flexibility index (Phi) is 3.62. The molecule has 2 aromatic rings. The molecule has 18 heavy (non-hydrogen) atoms. The topological polar surface area (TPSA) is 60.0 Å². The summed E-state index contributed by atoms with van der Waals surface area (Å²) < 4.78 is 2.11. The van der Waals surface area contributed by atoms with Crippen molar-refractivity contribution in [3.05, 3.63) is 31.0 Å². The molecular weight excluding hydrogens is 226 g/mol. The van der Waals surface area contributed by atoms with Gasteiger partial charge in [0.1, 0.15) is 0 Å². The smallest absolute Gasteiger partial charge is 0.0951 e. The monoisotopic (exact) mass is 245 g/mol. The molecule has 1 atom stereocenters. The van der Waals surface area contributed by atoms with Crippen LogP contribution in [0.4, 0.5) is 5.69 Å². The van der Waals surface area contributed by atoms with Gasteiger partial charge < -0.3 is 15.2 Å². The molecule has 2 heterocycles. The van der Waals surface area contributed by atoms with Gasteiger partial charge in [0, 0.05) is 36.2 Å². The lowest BCUT2D eigenvalue weighted by atomic mass is 10.2. The van der Waals surface area contributed by atoms with Gasteiger partial charge in [-0.25, -0.2) is 4.98 Å². The van der Waals surface area contributed by atoms with Gasteiger partial charge >= 0.3 is 0 Å². The minimum atomic E-state index is 0.427. The highest BCUT2D eigenvalue weighted by molar-refractivity contribution is 5.72. The van der Waals surface area contributed by atoms with Gasteiger partial charge in [0.15, 0.2) is 0 Å². The van der Waals surface area contributed by atoms with E-state index in [-0.39, 0.29) is 0 Å². The summed E-state index contributed by atoms with van der Waals surface area (Å²) >= 11 is 0. The van der Waals surface area contributed by atoms with E-state index in [1.807, 2.05) is 18.6 Å². The van der Waals surface area contributed by atoms with E-state index in [0.717, 1.165) is 23.5 Å². The average Bonchev–Trinajstić information content (AvgIpc) is 2.77. The zero-order valence-electron chi connectivity index (χ0n) is 11.0. The third kappa shape index (κ3) is 2.51. The minimum absolute atomic E-state index is 0.427. The van der Waals surface area contributed by atoms with Crippen molar-refractivity contribution in [2.45, 2.75) is 19.5 Å². The van der Waals surface area contributed by atoms with Crippen LogP contribution >= 0.6 is 0 Å². The van der Waals surface area contributed by atoms with Crippen LogP contribution in [-0.4, -0.2) is 39.6 Å². The molecule has 96 valence electrons. The summed E-state index contributed by atoms with van der Waals surface area (Å²) in [5.74, 6) is 0. The standard InChI is InChI=1S/C13H19N5/c1-10(17(2)3)8-18-9-16-7-13(18)11-6-15-5-4-12(11)14/h4-7,9-10H,8H2,1-3H3,(H2,14,15). The lowest BCUT2D eigenvalue weighted by Crippen LogP contribution is -2.29. The molecular formula is C13H19N5. The minimum Gasteiger partial charge on any atom is -0.398 e. The molecule has 5 heteroatoms. The fraction of sp³-hybridized carbons (Fsp3) is 0.385. The van der Waals surface area contributed by atoms with E-state index >= 15 is 0 Å². The number of rotatable bonds is 4. The maximum absolute atomic E-state index is 5.98. The Bertz CT molecular complexity index is 518. The van der Waals surface area contributed by atoms with Crippen LogP contribution in [0.25, 0.3) is 11.3 Å². The molecule has 2 aromatic heterocycles. The highest BCUT2D eigenvalue weighted by Gasteiger charge is 2.12. The zero-order valence-corrected chi connectivity index (χ0v) is 11.0. The van der Waals surface area contributed by atoms with Gasteiger partial charge in [-0.05, 0) is 27.1 Å². The van der Waals surface area contributed by atoms with Crippen LogP contribution in [-0.2, 0) is 6.54 Å². The Hall–Kier alpha value is -1.88. The van der Waals surface area contributed by atoms with Crippen LogP contribution < -0.4 is 5.73 Å². The average molecular weight is 245 g/mol. The largest absolute Gasteiger partial charge is 0.398 e. The molecule has 0 saturated heterocycles. The van der Waals surface area contributed by atoms with E-state index in [9.17, 15) is 0 Å². The third-order valence-electron chi connectivity index (χ3n) is 3.19. The first-order valence-electron chi connectivity index (χ1n) is 5.96. The van der Waals surface area contributed by atoms with Crippen LogP contribution in [0, 0.1) is 0 Å². The van der Waals surface area contributed by atoms with E-state index in [4.69, 9.17) is 5.73 Å². The summed E-state index contributed by atoms with van der Waals surface area (Å²) in [6.45, 7) is 3.05. The molecule has 0 aromatic carbocycles. The van der Waals surface area contributed by atoms with Crippen LogP contribution in [0.1, 0.15) is 6.92 Å². The maximum atomic E-state index is 5.98. The predicted octanol–water partition coefficient (Wildman–Crippen LogP) is 1.48. The molecule has 0 fully saturated rings. The summed E-state index contributed by atoms with van der Waals surface area (Å²) in [5, 5.41) is 0. The first kappa shape index (κ1) is 12.6. The maximum Gasteiger partial charge on any atom is 0.0951 e. The number of aromatic nitrogens is 3. The van der Waals surface area contributed by atoms with E-state index in [1.165, 1.54) is 0 Å². The Morgan fingerprint density at radius 2 is 2.11 bits per heavy atom. The number of imidazole rings is 1. The van der Waals surface area contributed by atoms with E-state index in [0.29, 0.717) is 6.04 Å². The van der Waals surface area contributed by atoms with Gasteiger partial charge in [0.25, 0.3) is 0 Å². The molecule has 0 radical (unpaired) electrons. The van der Waals surface area contributed by atoms with Crippen molar-refractivity contribution in [3.8, 4) is 11.3 Å². The Balaban J connectivity index is 2.31. The summed E-state index contributed by atoms with van der Waals surface area (Å²) in [5.41, 5.74) is 8.65. The van der Waals surface area contributed by atoms with Gasteiger partial charge in [-0.3, -0.25) is 4.98 Å². The summed E-state index contributed by atoms with van der Waals surface area (Å²) in [6.07, 6.45) is 7.14. The van der Waals surface area contributed by atoms with Gasteiger partial charge in [-0.2, -0.15) is 0 Å². The molecule has 0 aliphatic carbocycles. The highest BCUT2D eigenvalue weighted by atomic mass is 15.1. The Morgan fingerprint density at radius 1 is 1.33 bits per heavy atom. The van der Waals surface area contributed by atoms with E-state index < -0.39 is 0 Å². The van der Waals surface area contributed by atoms with Gasteiger partial charge in [0.2, 0.25) is 0 Å². The van der Waals surface area contributed by atoms with Crippen LogP contribution in [0.15, 0.2) is 31.0 Å². The highest BCUT2D eigenvalue weighted by Crippen LogP contribution is 2.24. The lowest BCUT2D eigenvalue weighted by Gasteiger charge is -2.21. The molecule has 2 N–H and O–H groups in total. The van der Waals surface area contributed by atoms with Gasteiger partial charge in [-0.15, -0.1) is 0 Å². The number of likely N-dealkylation sites (N-methyl/N-ethyl adjacent to an activating group) is 1. The molecule has 0 bridgehead atoms. The van der Waals surface area contributed by atoms with Crippen molar-refractivity contribution in [1.82, 2.24) is 19.4 Å². The number of hydrogen-bond acceptors (Lipinski definition) is 4. The third-order valence-corrected chi connectivity index (χ3v) is 3.19. The van der Waals surface area contributed by atoms with Crippen molar-refractivity contribution in [2.24, 2.45) is 0 Å². The molecule has 0 saturated carbocycles. The normalized spacial score (nSPS) is 12.9. The first-order chi connectivity index (χ1) is 8.59. The van der Waals surface area contributed by atoms with Crippen molar-refractivity contribution in [1.29, 1.82) is 0 Å². The van der Waals surface area contributed by atoms with Crippen molar-refractivity contribution in [2.75, 3.05) is 19.8 Å². The number of nitrogens with zero attached hydrogens (tertiary/aromatic N) is 4. The molecule has 0 amide bonds. The molecule has 0 aliphatic heterocycles. The Labute approximate surface area is 107 Å². The van der Waals surface area contributed by atoms with Crippen LogP contribution in [0.2, 0.25) is 0 Å². The van der Waals surface area contributed by atoms with Gasteiger partial charge in [-0.1, -0.05) is 0 Å². The SMILES string of the molecule is CC(Cn1cncc1-c1cnccc1N)N(C)C. The first-order valence-corrected chi connectivity index (χ1v) is 5.96.